The van der Waals surface area contributed by atoms with Crippen LogP contribution in [0.15, 0.2) is 12.1 Å². The van der Waals surface area contributed by atoms with Crippen molar-refractivity contribution < 1.29 is 27.7 Å². The highest BCUT2D eigenvalue weighted by Crippen LogP contribution is 2.41. The average molecular weight is 470 g/mol. The van der Waals surface area contributed by atoms with E-state index in [4.69, 9.17) is 23.2 Å². The summed E-state index contributed by atoms with van der Waals surface area (Å²) in [7, 11) is 0. The summed E-state index contributed by atoms with van der Waals surface area (Å²) >= 11 is 12.5. The van der Waals surface area contributed by atoms with Crippen LogP contribution in [-0.4, -0.2) is 21.7 Å². The van der Waals surface area contributed by atoms with Crippen molar-refractivity contribution in [1.29, 1.82) is 0 Å². The number of carbonyl (C=O) groups is 2. The van der Waals surface area contributed by atoms with Crippen LogP contribution in [0, 0.1) is 17.0 Å². The molecule has 13 heteroatoms. The Morgan fingerprint density at radius 3 is 2.28 bits per heavy atom. The summed E-state index contributed by atoms with van der Waals surface area (Å²) in [5.41, 5.74) is -2.38. The molecular formula is C16H12Cl2F3N3O4S. The van der Waals surface area contributed by atoms with Crippen LogP contribution in [0.4, 0.5) is 24.5 Å². The van der Waals surface area contributed by atoms with E-state index in [0.717, 1.165) is 12.1 Å². The number of hydrogen-bond donors (Lipinski definition) is 0. The van der Waals surface area contributed by atoms with E-state index in [9.17, 15) is 32.9 Å². The zero-order valence-electron chi connectivity index (χ0n) is 14.8. The first kappa shape index (κ1) is 23.0. The van der Waals surface area contributed by atoms with Gasteiger partial charge in [-0.3, -0.25) is 19.7 Å². The Morgan fingerprint density at radius 2 is 1.83 bits per heavy atom. The van der Waals surface area contributed by atoms with Crippen LogP contribution in [0.2, 0.25) is 10.0 Å². The highest BCUT2D eigenvalue weighted by atomic mass is 35.5. The number of hydrogen-bond acceptors (Lipinski definition) is 6. The molecule has 0 atom stereocenters. The largest absolute Gasteiger partial charge is 0.435 e. The molecule has 1 aromatic heterocycles. The molecule has 0 N–H and O–H groups in total. The van der Waals surface area contributed by atoms with Gasteiger partial charge in [-0.25, -0.2) is 9.88 Å². The molecule has 0 aliphatic rings. The summed E-state index contributed by atoms with van der Waals surface area (Å²) < 4.78 is 39.9. The van der Waals surface area contributed by atoms with Crippen LogP contribution in [0.1, 0.15) is 40.1 Å². The van der Waals surface area contributed by atoms with Crippen molar-refractivity contribution >= 4 is 57.7 Å². The summed E-state index contributed by atoms with van der Waals surface area (Å²) in [6.45, 7) is 2.90. The maximum absolute atomic E-state index is 13.3. The molecule has 0 saturated carbocycles. The molecule has 29 heavy (non-hydrogen) atoms. The fraction of sp³-hybridized carbons (Fsp3) is 0.312. The Balaban J connectivity index is 2.70. The number of benzene rings is 1. The van der Waals surface area contributed by atoms with Crippen molar-refractivity contribution in [1.82, 2.24) is 4.98 Å². The van der Waals surface area contributed by atoms with Gasteiger partial charge in [0, 0.05) is 18.6 Å². The second-order valence-corrected chi connectivity index (χ2v) is 7.73. The lowest BCUT2D eigenvalue weighted by Crippen LogP contribution is -2.38. The van der Waals surface area contributed by atoms with Gasteiger partial charge in [-0.2, -0.15) is 13.2 Å². The summed E-state index contributed by atoms with van der Waals surface area (Å²) in [5, 5.41) is 10.0. The van der Waals surface area contributed by atoms with E-state index in [1.165, 1.54) is 6.92 Å². The van der Waals surface area contributed by atoms with Gasteiger partial charge >= 0.3 is 6.18 Å². The summed E-state index contributed by atoms with van der Waals surface area (Å²) in [6, 6.07) is 1.70. The third kappa shape index (κ3) is 4.85. The second-order valence-electron chi connectivity index (χ2n) is 5.71. The zero-order valence-corrected chi connectivity index (χ0v) is 17.2. The standard InChI is InChI=1S/C16H12Cl2F3N3O4S/c1-3-4-11(25)23(12-9(17)5-8(24(27)28)6-10(12)18)15(26)13-14(16(19,20)21)22-7(2)29-13/h5-6H,3-4H2,1-2H3. The number of nitrogens with zero attached hydrogens (tertiary/aromatic N) is 3. The monoisotopic (exact) mass is 469 g/mol. The lowest BCUT2D eigenvalue weighted by Gasteiger charge is -2.23. The van der Waals surface area contributed by atoms with Crippen LogP contribution in [0.25, 0.3) is 0 Å². The van der Waals surface area contributed by atoms with Gasteiger partial charge < -0.3 is 0 Å². The van der Waals surface area contributed by atoms with E-state index in [0.29, 0.717) is 16.2 Å². The number of alkyl halides is 3. The topological polar surface area (TPSA) is 93.4 Å². The van der Waals surface area contributed by atoms with E-state index in [-0.39, 0.29) is 17.8 Å². The van der Waals surface area contributed by atoms with Crippen LogP contribution >= 0.6 is 34.5 Å². The molecule has 156 valence electrons. The number of nitro groups is 1. The van der Waals surface area contributed by atoms with Gasteiger partial charge in [0.2, 0.25) is 5.91 Å². The first-order valence-corrected chi connectivity index (χ1v) is 9.51. The van der Waals surface area contributed by atoms with Crippen molar-refractivity contribution in [2.75, 3.05) is 4.90 Å². The maximum atomic E-state index is 13.3. The number of rotatable bonds is 5. The number of amides is 2. The summed E-state index contributed by atoms with van der Waals surface area (Å²) in [6.07, 6.45) is -4.86. The molecule has 1 heterocycles. The van der Waals surface area contributed by atoms with Crippen LogP contribution in [0.5, 0.6) is 0 Å². The minimum absolute atomic E-state index is 0.0375. The van der Waals surface area contributed by atoms with Gasteiger partial charge in [0.15, 0.2) is 5.69 Å². The van der Waals surface area contributed by atoms with Crippen LogP contribution < -0.4 is 4.90 Å². The fourth-order valence-corrected chi connectivity index (χ4v) is 3.92. The number of thiazole rings is 1. The second kappa shape index (κ2) is 8.64. The minimum atomic E-state index is -4.93. The predicted molar refractivity (Wildman–Crippen MR) is 102 cm³/mol. The summed E-state index contributed by atoms with van der Waals surface area (Å²) in [4.78, 5) is 38.7. The highest BCUT2D eigenvalue weighted by Gasteiger charge is 2.42. The fourth-order valence-electron chi connectivity index (χ4n) is 2.40. The highest BCUT2D eigenvalue weighted by molar-refractivity contribution is 7.14. The predicted octanol–water partition coefficient (Wildman–Crippen LogP) is 5.66. The van der Waals surface area contributed by atoms with Gasteiger partial charge in [-0.15, -0.1) is 11.3 Å². The van der Waals surface area contributed by atoms with E-state index < -0.39 is 54.9 Å². The van der Waals surface area contributed by atoms with Crippen molar-refractivity contribution in [3.8, 4) is 0 Å². The molecule has 2 rings (SSSR count). The third-order valence-electron chi connectivity index (χ3n) is 3.55. The van der Waals surface area contributed by atoms with E-state index in [1.807, 2.05) is 0 Å². The molecule has 1 aromatic carbocycles. The molecule has 0 saturated heterocycles. The van der Waals surface area contributed by atoms with Gasteiger partial charge in [-0.1, -0.05) is 30.1 Å². The van der Waals surface area contributed by atoms with Crippen molar-refractivity contribution in [2.24, 2.45) is 0 Å². The SMILES string of the molecule is CCCC(=O)N(C(=O)c1sc(C)nc1C(F)(F)F)c1c(Cl)cc([N+](=O)[O-])cc1Cl. The number of aryl methyl sites for hydroxylation is 1. The van der Waals surface area contributed by atoms with E-state index in [1.54, 1.807) is 6.92 Å². The molecule has 0 bridgehead atoms. The number of anilines is 1. The first-order valence-electron chi connectivity index (χ1n) is 7.93. The molecule has 0 aliphatic carbocycles. The normalized spacial score (nSPS) is 11.4. The van der Waals surface area contributed by atoms with Crippen LogP contribution in [0.3, 0.4) is 0 Å². The van der Waals surface area contributed by atoms with Crippen LogP contribution in [-0.2, 0) is 11.0 Å². The Hall–Kier alpha value is -2.24. The molecule has 2 amide bonds. The number of non-ortho nitro benzene ring substituents is 1. The molecule has 0 spiro atoms. The van der Waals surface area contributed by atoms with Crippen molar-refractivity contribution in [2.45, 2.75) is 32.9 Å². The smallest absolute Gasteiger partial charge is 0.274 e. The molecule has 0 fully saturated rings. The number of carbonyl (C=O) groups excluding carboxylic acids is 2. The Morgan fingerprint density at radius 1 is 1.28 bits per heavy atom. The molecule has 0 unspecified atom stereocenters. The van der Waals surface area contributed by atoms with Gasteiger partial charge in [0.25, 0.3) is 11.6 Å². The van der Waals surface area contributed by atoms with E-state index in [2.05, 4.69) is 4.98 Å². The molecule has 0 radical (unpaired) electrons. The van der Waals surface area contributed by atoms with Gasteiger partial charge in [0.1, 0.15) is 4.88 Å². The number of halogens is 5. The Bertz CT molecular complexity index is 971. The average Bonchev–Trinajstić information content (AvgIpc) is 2.99. The lowest BCUT2D eigenvalue weighted by atomic mass is 10.2. The van der Waals surface area contributed by atoms with E-state index >= 15 is 0 Å². The Kier molecular flexibility index (Phi) is 6.86. The number of nitro benzene ring substituents is 1. The van der Waals surface area contributed by atoms with Crippen molar-refractivity contribution in [3.05, 3.63) is 47.9 Å². The number of aromatic nitrogens is 1. The number of imide groups is 1. The molecule has 7 nitrogen and oxygen atoms in total. The lowest BCUT2D eigenvalue weighted by molar-refractivity contribution is -0.384. The van der Waals surface area contributed by atoms with Crippen molar-refractivity contribution in [3.63, 3.8) is 0 Å². The van der Waals surface area contributed by atoms with Gasteiger partial charge in [-0.05, 0) is 13.3 Å². The van der Waals surface area contributed by atoms with Gasteiger partial charge in [0.05, 0.1) is 25.7 Å². The first-order chi connectivity index (χ1) is 13.4. The summed E-state index contributed by atoms with van der Waals surface area (Å²) in [5.74, 6) is -2.19. The quantitative estimate of drug-likeness (QED) is 0.415. The Labute approximate surface area is 176 Å². The molecule has 2 aromatic rings. The minimum Gasteiger partial charge on any atom is -0.274 e. The third-order valence-corrected chi connectivity index (χ3v) is 5.08. The zero-order chi connectivity index (χ0) is 22.1. The maximum Gasteiger partial charge on any atom is 0.435 e. The molecule has 0 aliphatic heterocycles. The molecular weight excluding hydrogens is 458 g/mol.